The van der Waals surface area contributed by atoms with Crippen LogP contribution in [0, 0.1) is 0 Å². The monoisotopic (exact) mass is 298 g/mol. The summed E-state index contributed by atoms with van der Waals surface area (Å²) >= 11 is 0. The van der Waals surface area contributed by atoms with Crippen LogP contribution in [0.5, 0.6) is 0 Å². The van der Waals surface area contributed by atoms with Crippen molar-refractivity contribution in [2.75, 3.05) is 5.32 Å². The molecule has 1 aliphatic rings. The third-order valence-electron chi connectivity index (χ3n) is 3.76. The van der Waals surface area contributed by atoms with Crippen LogP contribution in [0.25, 0.3) is 0 Å². The third-order valence-corrected chi connectivity index (χ3v) is 3.76. The first kappa shape index (κ1) is 14.4. The molecule has 1 amide bonds. The maximum absolute atomic E-state index is 12.1. The zero-order valence-electron chi connectivity index (χ0n) is 12.3. The van der Waals surface area contributed by atoms with Crippen molar-refractivity contribution in [3.05, 3.63) is 52.2 Å². The summed E-state index contributed by atoms with van der Waals surface area (Å²) in [7, 11) is 0. The van der Waals surface area contributed by atoms with Gasteiger partial charge in [0.15, 0.2) is 0 Å². The van der Waals surface area contributed by atoms with Gasteiger partial charge in [-0.15, -0.1) is 0 Å². The first-order chi connectivity index (χ1) is 10.7. The maximum atomic E-state index is 12.1. The Kier molecular flexibility index (Phi) is 4.27. The highest BCUT2D eigenvalue weighted by Gasteiger charge is 2.13. The van der Waals surface area contributed by atoms with Gasteiger partial charge < -0.3 is 5.32 Å². The van der Waals surface area contributed by atoms with Gasteiger partial charge in [0.05, 0.1) is 17.6 Å². The molecule has 3 rings (SSSR count). The minimum atomic E-state index is -0.281. The lowest BCUT2D eigenvalue weighted by molar-refractivity contribution is -0.117. The Morgan fingerprint density at radius 3 is 2.95 bits per heavy atom. The topological polar surface area (TPSA) is 76.9 Å². The van der Waals surface area contributed by atoms with E-state index in [0.29, 0.717) is 5.69 Å². The molecule has 0 saturated carbocycles. The maximum Gasteiger partial charge on any atom is 0.267 e. The molecule has 0 spiro atoms. The first-order valence-electron chi connectivity index (χ1n) is 7.52. The summed E-state index contributed by atoms with van der Waals surface area (Å²) in [5.74, 6) is -0.281. The molecule has 0 aromatic carbocycles. The van der Waals surface area contributed by atoms with E-state index in [1.165, 1.54) is 4.68 Å². The summed E-state index contributed by atoms with van der Waals surface area (Å²) in [5.41, 5.74) is 2.37. The number of carbonyl (C=O) groups is 1. The predicted molar refractivity (Wildman–Crippen MR) is 82.6 cm³/mol. The van der Waals surface area contributed by atoms with E-state index in [-0.39, 0.29) is 18.0 Å². The van der Waals surface area contributed by atoms with Crippen LogP contribution in [-0.2, 0) is 24.2 Å². The summed E-state index contributed by atoms with van der Waals surface area (Å²) in [6.45, 7) is -0.0823. The van der Waals surface area contributed by atoms with Crippen molar-refractivity contribution in [1.29, 1.82) is 0 Å². The smallest absolute Gasteiger partial charge is 0.267 e. The highest BCUT2D eigenvalue weighted by atomic mass is 16.2. The summed E-state index contributed by atoms with van der Waals surface area (Å²) in [5, 5.41) is 7.09. The Bertz CT molecular complexity index is 725. The zero-order valence-corrected chi connectivity index (χ0v) is 12.3. The number of hydrogen-bond donors (Lipinski definition) is 1. The van der Waals surface area contributed by atoms with Crippen molar-refractivity contribution in [1.82, 2.24) is 14.8 Å². The van der Waals surface area contributed by atoms with Crippen molar-refractivity contribution in [2.24, 2.45) is 0 Å². The fraction of sp³-hybridized carbons (Fsp3) is 0.375. The number of aryl methyl sites for hydroxylation is 2. The largest absolute Gasteiger partial charge is 0.323 e. The molecule has 2 aromatic heterocycles. The normalized spacial score (nSPS) is 14.0. The predicted octanol–water partition coefficient (Wildman–Crippen LogP) is 1.55. The van der Waals surface area contributed by atoms with Crippen molar-refractivity contribution in [3.63, 3.8) is 0 Å². The van der Waals surface area contributed by atoms with Gasteiger partial charge in [-0.25, -0.2) is 4.68 Å². The van der Waals surface area contributed by atoms with Crippen molar-refractivity contribution >= 4 is 11.6 Å². The molecular weight excluding hydrogens is 280 g/mol. The lowest BCUT2D eigenvalue weighted by Gasteiger charge is -2.10. The SMILES string of the molecule is O=C(Cn1nc2c(cc1=O)CCCCC2)Nc1cccnc1. The van der Waals surface area contributed by atoms with Gasteiger partial charge >= 0.3 is 0 Å². The van der Waals surface area contributed by atoms with Crippen LogP contribution < -0.4 is 10.9 Å². The van der Waals surface area contributed by atoms with Crippen LogP contribution in [0.2, 0.25) is 0 Å². The summed E-state index contributed by atoms with van der Waals surface area (Å²) in [6.07, 6.45) is 8.31. The molecule has 0 fully saturated rings. The number of nitrogens with zero attached hydrogens (tertiary/aromatic N) is 3. The zero-order chi connectivity index (χ0) is 15.4. The lowest BCUT2D eigenvalue weighted by Crippen LogP contribution is -2.30. The summed E-state index contributed by atoms with van der Waals surface area (Å²) in [4.78, 5) is 28.1. The van der Waals surface area contributed by atoms with E-state index in [4.69, 9.17) is 0 Å². The van der Waals surface area contributed by atoms with Crippen LogP contribution in [0.15, 0.2) is 35.4 Å². The highest BCUT2D eigenvalue weighted by molar-refractivity contribution is 5.90. The Morgan fingerprint density at radius 1 is 1.27 bits per heavy atom. The molecule has 0 aliphatic heterocycles. The number of rotatable bonds is 3. The minimum absolute atomic E-state index is 0.0823. The highest BCUT2D eigenvalue weighted by Crippen LogP contribution is 2.16. The molecule has 0 unspecified atom stereocenters. The minimum Gasteiger partial charge on any atom is -0.323 e. The molecule has 0 bridgehead atoms. The standard InChI is InChI=1S/C16H18N4O2/c21-15(18-13-6-4-8-17-10-13)11-20-16(22)9-12-5-2-1-3-7-14(12)19-20/h4,6,8-10H,1-3,5,7,11H2,(H,18,21). The van der Waals surface area contributed by atoms with Gasteiger partial charge in [0.2, 0.25) is 5.91 Å². The van der Waals surface area contributed by atoms with Crippen molar-refractivity contribution < 1.29 is 4.79 Å². The Hall–Kier alpha value is -2.50. The molecular formula is C16H18N4O2. The van der Waals surface area contributed by atoms with E-state index in [2.05, 4.69) is 15.4 Å². The van der Waals surface area contributed by atoms with Crippen molar-refractivity contribution in [2.45, 2.75) is 38.6 Å². The van der Waals surface area contributed by atoms with E-state index in [1.54, 1.807) is 30.6 Å². The number of amides is 1. The molecule has 1 N–H and O–H groups in total. The molecule has 2 heterocycles. The summed E-state index contributed by atoms with van der Waals surface area (Å²) in [6, 6.07) is 5.12. The van der Waals surface area contributed by atoms with E-state index >= 15 is 0 Å². The van der Waals surface area contributed by atoms with Gasteiger partial charge in [-0.2, -0.15) is 5.10 Å². The van der Waals surface area contributed by atoms with Crippen LogP contribution in [-0.4, -0.2) is 20.7 Å². The van der Waals surface area contributed by atoms with Crippen LogP contribution in [0.1, 0.15) is 30.5 Å². The number of pyridine rings is 1. The molecule has 6 nitrogen and oxygen atoms in total. The van der Waals surface area contributed by atoms with Crippen molar-refractivity contribution in [3.8, 4) is 0 Å². The number of fused-ring (bicyclic) bond motifs is 1. The molecule has 0 radical (unpaired) electrons. The van der Waals surface area contributed by atoms with Crippen LogP contribution >= 0.6 is 0 Å². The fourth-order valence-electron chi connectivity index (χ4n) is 2.66. The number of anilines is 1. The van der Waals surface area contributed by atoms with Crippen LogP contribution in [0.3, 0.4) is 0 Å². The number of hydrogen-bond acceptors (Lipinski definition) is 4. The average Bonchev–Trinajstić information content (AvgIpc) is 2.73. The molecule has 0 saturated heterocycles. The van der Waals surface area contributed by atoms with Gasteiger partial charge in [-0.1, -0.05) is 6.42 Å². The molecule has 1 aliphatic carbocycles. The summed E-state index contributed by atoms with van der Waals surface area (Å²) < 4.78 is 1.25. The Labute approximate surface area is 128 Å². The third kappa shape index (κ3) is 3.39. The van der Waals surface area contributed by atoms with Gasteiger partial charge in [0, 0.05) is 12.3 Å². The first-order valence-corrected chi connectivity index (χ1v) is 7.52. The van der Waals surface area contributed by atoms with Gasteiger partial charge in [0.25, 0.3) is 5.56 Å². The van der Waals surface area contributed by atoms with Gasteiger partial charge in [-0.05, 0) is 43.4 Å². The number of nitrogens with one attached hydrogen (secondary N) is 1. The van der Waals surface area contributed by atoms with E-state index in [9.17, 15) is 9.59 Å². The van der Waals surface area contributed by atoms with E-state index in [1.807, 2.05) is 0 Å². The fourth-order valence-corrected chi connectivity index (χ4v) is 2.66. The Morgan fingerprint density at radius 2 is 2.14 bits per heavy atom. The molecule has 2 aromatic rings. The number of aromatic nitrogens is 3. The average molecular weight is 298 g/mol. The second-order valence-electron chi connectivity index (χ2n) is 5.46. The second kappa shape index (κ2) is 6.51. The second-order valence-corrected chi connectivity index (χ2v) is 5.46. The van der Waals surface area contributed by atoms with E-state index in [0.717, 1.165) is 43.4 Å². The lowest BCUT2D eigenvalue weighted by atomic mass is 10.1. The van der Waals surface area contributed by atoms with E-state index < -0.39 is 0 Å². The number of carbonyl (C=O) groups excluding carboxylic acids is 1. The molecule has 114 valence electrons. The quantitative estimate of drug-likeness (QED) is 0.872. The van der Waals surface area contributed by atoms with Gasteiger partial charge in [0.1, 0.15) is 6.54 Å². The van der Waals surface area contributed by atoms with Gasteiger partial charge in [-0.3, -0.25) is 14.6 Å². The molecule has 6 heteroatoms. The molecule has 22 heavy (non-hydrogen) atoms. The van der Waals surface area contributed by atoms with Crippen LogP contribution in [0.4, 0.5) is 5.69 Å². The Balaban J connectivity index is 1.76. The molecule has 0 atom stereocenters.